The Morgan fingerprint density at radius 3 is 2.47 bits per heavy atom. The highest BCUT2D eigenvalue weighted by atomic mass is 79.9. The van der Waals surface area contributed by atoms with Crippen LogP contribution in [0.15, 0.2) is 16.6 Å². The van der Waals surface area contributed by atoms with Crippen LogP contribution in [-0.2, 0) is 0 Å². The molecule has 0 aliphatic carbocycles. The van der Waals surface area contributed by atoms with Crippen molar-refractivity contribution < 1.29 is 13.6 Å². The molecule has 0 aromatic heterocycles. The van der Waals surface area contributed by atoms with Crippen LogP contribution in [0.3, 0.4) is 0 Å². The number of hydrogen-bond donors (Lipinski definition) is 0. The average Bonchev–Trinajstić information content (AvgIpc) is 2.09. The van der Waals surface area contributed by atoms with Gasteiger partial charge in [0.1, 0.15) is 11.6 Å². The minimum absolute atomic E-state index is 0.0288. The van der Waals surface area contributed by atoms with Crippen LogP contribution in [0.4, 0.5) is 8.78 Å². The predicted molar refractivity (Wildman–Crippen MR) is 57.8 cm³/mol. The lowest BCUT2D eigenvalue weighted by atomic mass is 10.0. The Bertz CT molecular complexity index is 388. The van der Waals surface area contributed by atoms with Crippen LogP contribution >= 0.6 is 15.9 Å². The molecule has 0 atom stereocenters. The molecule has 1 rings (SSSR count). The maximum Gasteiger partial charge on any atom is 0.166 e. The first-order valence-electron chi connectivity index (χ1n) is 4.59. The van der Waals surface area contributed by atoms with E-state index in [1.165, 1.54) is 0 Å². The molecule has 1 aromatic rings. The summed E-state index contributed by atoms with van der Waals surface area (Å²) in [7, 11) is 0. The molecule has 0 aliphatic rings. The number of carbonyl (C=O) groups excluding carboxylic acids is 1. The van der Waals surface area contributed by atoms with Gasteiger partial charge >= 0.3 is 0 Å². The highest BCUT2D eigenvalue weighted by molar-refractivity contribution is 9.10. The topological polar surface area (TPSA) is 17.1 Å². The van der Waals surface area contributed by atoms with Crippen LogP contribution in [0, 0.1) is 17.6 Å². The summed E-state index contributed by atoms with van der Waals surface area (Å²) in [6.07, 6.45) is 0.220. The van der Waals surface area contributed by atoms with E-state index in [9.17, 15) is 13.6 Å². The minimum atomic E-state index is -0.686. The van der Waals surface area contributed by atoms with Crippen LogP contribution in [0.25, 0.3) is 0 Å². The fourth-order valence-electron chi connectivity index (χ4n) is 1.22. The molecule has 0 spiro atoms. The summed E-state index contributed by atoms with van der Waals surface area (Å²) in [5.74, 6) is -1.55. The van der Waals surface area contributed by atoms with Gasteiger partial charge < -0.3 is 0 Å². The second-order valence-electron chi connectivity index (χ2n) is 3.77. The molecule has 0 amide bonds. The van der Waals surface area contributed by atoms with Gasteiger partial charge in [-0.1, -0.05) is 13.8 Å². The summed E-state index contributed by atoms with van der Waals surface area (Å²) in [5.41, 5.74) is -0.176. The molecule has 0 fully saturated rings. The molecule has 4 heteroatoms. The van der Waals surface area contributed by atoms with Gasteiger partial charge in [-0.3, -0.25) is 4.79 Å². The molecule has 1 nitrogen and oxygen atoms in total. The minimum Gasteiger partial charge on any atom is -0.294 e. The summed E-state index contributed by atoms with van der Waals surface area (Å²) in [6, 6.07) is 1.91. The number of rotatable bonds is 3. The van der Waals surface area contributed by atoms with E-state index in [-0.39, 0.29) is 28.2 Å². The van der Waals surface area contributed by atoms with E-state index in [2.05, 4.69) is 15.9 Å². The van der Waals surface area contributed by atoms with Gasteiger partial charge in [-0.15, -0.1) is 0 Å². The second kappa shape index (κ2) is 4.84. The lowest BCUT2D eigenvalue weighted by Gasteiger charge is -2.06. The molecule has 82 valence electrons. The van der Waals surface area contributed by atoms with Gasteiger partial charge in [-0.05, 0) is 34.0 Å². The number of halogens is 3. The third kappa shape index (κ3) is 3.09. The lowest BCUT2D eigenvalue weighted by Crippen LogP contribution is -2.06. The SMILES string of the molecule is CC(C)CC(=O)c1cc(F)c(Br)cc1F. The largest absolute Gasteiger partial charge is 0.294 e. The summed E-state index contributed by atoms with van der Waals surface area (Å²) in [5, 5.41) is 0. The quantitative estimate of drug-likeness (QED) is 0.603. The molecule has 0 bridgehead atoms. The zero-order valence-electron chi connectivity index (χ0n) is 8.48. The zero-order valence-corrected chi connectivity index (χ0v) is 10.1. The van der Waals surface area contributed by atoms with E-state index in [4.69, 9.17) is 0 Å². The summed E-state index contributed by atoms with van der Waals surface area (Å²) in [6.45, 7) is 3.70. The highest BCUT2D eigenvalue weighted by Gasteiger charge is 2.15. The van der Waals surface area contributed by atoms with Gasteiger partial charge in [-0.25, -0.2) is 8.78 Å². The molecule has 0 saturated heterocycles. The summed E-state index contributed by atoms with van der Waals surface area (Å²) in [4.78, 5) is 11.5. The maximum absolute atomic E-state index is 13.3. The van der Waals surface area contributed by atoms with E-state index in [0.29, 0.717) is 0 Å². The smallest absolute Gasteiger partial charge is 0.166 e. The molecule has 0 radical (unpaired) electrons. The molecule has 0 aliphatic heterocycles. The van der Waals surface area contributed by atoms with E-state index in [1.807, 2.05) is 13.8 Å². The number of ketones is 1. The zero-order chi connectivity index (χ0) is 11.6. The first kappa shape index (κ1) is 12.3. The second-order valence-corrected chi connectivity index (χ2v) is 4.62. The Hall–Kier alpha value is -0.770. The standard InChI is InChI=1S/C11H11BrF2O/c1-6(2)3-11(15)7-4-10(14)8(12)5-9(7)13/h4-6H,3H2,1-2H3. The van der Waals surface area contributed by atoms with Crippen LogP contribution in [0.5, 0.6) is 0 Å². The van der Waals surface area contributed by atoms with Crippen LogP contribution in [0.2, 0.25) is 0 Å². The molecule has 0 saturated carbocycles. The van der Waals surface area contributed by atoms with Gasteiger partial charge in [0, 0.05) is 6.42 Å². The van der Waals surface area contributed by atoms with Crippen LogP contribution < -0.4 is 0 Å². The predicted octanol–water partition coefficient (Wildman–Crippen LogP) is 3.96. The normalized spacial score (nSPS) is 10.8. The molecular formula is C11H11BrF2O. The van der Waals surface area contributed by atoms with Gasteiger partial charge in [0.15, 0.2) is 5.78 Å². The third-order valence-electron chi connectivity index (χ3n) is 1.90. The van der Waals surface area contributed by atoms with Crippen molar-refractivity contribution in [2.24, 2.45) is 5.92 Å². The molecule has 1 aromatic carbocycles. The average molecular weight is 277 g/mol. The van der Waals surface area contributed by atoms with Crippen molar-refractivity contribution in [1.82, 2.24) is 0 Å². The number of carbonyl (C=O) groups is 1. The van der Waals surface area contributed by atoms with Crippen molar-refractivity contribution in [2.75, 3.05) is 0 Å². The Kier molecular flexibility index (Phi) is 3.97. The highest BCUT2D eigenvalue weighted by Crippen LogP contribution is 2.21. The summed E-state index contributed by atoms with van der Waals surface area (Å²) < 4.78 is 26.4. The van der Waals surface area contributed by atoms with Crippen molar-refractivity contribution >= 4 is 21.7 Å². The Labute approximate surface area is 95.6 Å². The maximum atomic E-state index is 13.3. The summed E-state index contributed by atoms with van der Waals surface area (Å²) >= 11 is 2.85. The van der Waals surface area contributed by atoms with Crippen LogP contribution in [0.1, 0.15) is 30.6 Å². The van der Waals surface area contributed by atoms with E-state index >= 15 is 0 Å². The van der Waals surface area contributed by atoms with Gasteiger partial charge in [0.2, 0.25) is 0 Å². The molecule has 0 unspecified atom stereocenters. The number of benzene rings is 1. The van der Waals surface area contributed by atoms with Crippen molar-refractivity contribution in [3.63, 3.8) is 0 Å². The molecule has 0 N–H and O–H groups in total. The Morgan fingerprint density at radius 2 is 1.93 bits per heavy atom. The number of Topliss-reactive ketones (excluding diaryl/α,β-unsaturated/α-hetero) is 1. The third-order valence-corrected chi connectivity index (χ3v) is 2.51. The molecule has 0 heterocycles. The first-order chi connectivity index (χ1) is 6.91. The molecular weight excluding hydrogens is 266 g/mol. The van der Waals surface area contributed by atoms with E-state index < -0.39 is 11.6 Å². The van der Waals surface area contributed by atoms with Crippen molar-refractivity contribution in [3.8, 4) is 0 Å². The van der Waals surface area contributed by atoms with E-state index in [0.717, 1.165) is 12.1 Å². The number of hydrogen-bond acceptors (Lipinski definition) is 1. The van der Waals surface area contributed by atoms with E-state index in [1.54, 1.807) is 0 Å². The van der Waals surface area contributed by atoms with Crippen LogP contribution in [-0.4, -0.2) is 5.78 Å². The molecule has 15 heavy (non-hydrogen) atoms. The monoisotopic (exact) mass is 276 g/mol. The van der Waals surface area contributed by atoms with Gasteiger partial charge in [-0.2, -0.15) is 0 Å². The van der Waals surface area contributed by atoms with Crippen molar-refractivity contribution in [1.29, 1.82) is 0 Å². The van der Waals surface area contributed by atoms with Gasteiger partial charge in [0.05, 0.1) is 10.0 Å². The Morgan fingerprint density at radius 1 is 1.33 bits per heavy atom. The van der Waals surface area contributed by atoms with Gasteiger partial charge in [0.25, 0.3) is 0 Å². The fraction of sp³-hybridized carbons (Fsp3) is 0.364. The fourth-order valence-corrected chi connectivity index (χ4v) is 1.53. The lowest BCUT2D eigenvalue weighted by molar-refractivity contribution is 0.0963. The van der Waals surface area contributed by atoms with Crippen molar-refractivity contribution in [2.45, 2.75) is 20.3 Å². The van der Waals surface area contributed by atoms with Crippen molar-refractivity contribution in [3.05, 3.63) is 33.8 Å². The Balaban J connectivity index is 3.04. The first-order valence-corrected chi connectivity index (χ1v) is 5.39.